The van der Waals surface area contributed by atoms with Crippen LogP contribution in [0, 0.1) is 0 Å². The molecule has 0 aliphatic heterocycles. The first kappa shape index (κ1) is 18.7. The van der Waals surface area contributed by atoms with Crippen molar-refractivity contribution in [1.29, 1.82) is 0 Å². The average Bonchev–Trinajstić information content (AvgIpc) is 3.07. The minimum absolute atomic E-state index is 0.163. The van der Waals surface area contributed by atoms with Gasteiger partial charge in [-0.1, -0.05) is 23.2 Å². The van der Waals surface area contributed by atoms with Crippen LogP contribution in [0.3, 0.4) is 0 Å². The van der Waals surface area contributed by atoms with Crippen LogP contribution in [0.2, 0.25) is 10.0 Å². The van der Waals surface area contributed by atoms with E-state index in [2.05, 4.69) is 10.3 Å². The lowest BCUT2D eigenvalue weighted by Crippen LogP contribution is -2.14. The molecule has 1 heterocycles. The van der Waals surface area contributed by atoms with Gasteiger partial charge in [0.2, 0.25) is 5.91 Å². The van der Waals surface area contributed by atoms with Crippen LogP contribution in [-0.4, -0.2) is 17.5 Å². The molecule has 3 rings (SSSR count). The van der Waals surface area contributed by atoms with Crippen LogP contribution in [0.25, 0.3) is 10.6 Å². The standard InChI is InChI=1S/C19H16Cl2N2O2S/c1-2-25-15-6-3-12(4-7-15)19-22-14(11-26-19)10-18(24)23-17-9-13(20)5-8-16(17)21/h3-9,11H,2,10H2,1H3,(H,23,24). The second-order valence-corrected chi connectivity index (χ2v) is 7.15. The minimum Gasteiger partial charge on any atom is -0.494 e. The molecular weight excluding hydrogens is 391 g/mol. The zero-order chi connectivity index (χ0) is 18.5. The summed E-state index contributed by atoms with van der Waals surface area (Å²) in [5.41, 5.74) is 2.18. The van der Waals surface area contributed by atoms with Crippen molar-refractivity contribution < 1.29 is 9.53 Å². The molecule has 1 N–H and O–H groups in total. The number of carbonyl (C=O) groups excluding carboxylic acids is 1. The highest BCUT2D eigenvalue weighted by molar-refractivity contribution is 7.13. The second kappa shape index (κ2) is 8.54. The Hall–Kier alpha value is -2.08. The molecule has 0 saturated heterocycles. The van der Waals surface area contributed by atoms with Crippen LogP contribution in [0.4, 0.5) is 5.69 Å². The van der Waals surface area contributed by atoms with Crippen LogP contribution >= 0.6 is 34.5 Å². The third-order valence-electron chi connectivity index (χ3n) is 3.51. The highest BCUT2D eigenvalue weighted by Gasteiger charge is 2.11. The number of benzene rings is 2. The van der Waals surface area contributed by atoms with Gasteiger partial charge in [-0.05, 0) is 49.4 Å². The first-order valence-electron chi connectivity index (χ1n) is 7.97. The molecule has 3 aromatic rings. The van der Waals surface area contributed by atoms with E-state index in [1.165, 1.54) is 11.3 Å². The zero-order valence-corrected chi connectivity index (χ0v) is 16.3. The maximum Gasteiger partial charge on any atom is 0.230 e. The summed E-state index contributed by atoms with van der Waals surface area (Å²) in [6.45, 7) is 2.58. The Kier molecular flexibility index (Phi) is 6.14. The molecule has 0 fully saturated rings. The number of nitrogens with one attached hydrogen (secondary N) is 1. The molecule has 0 aliphatic carbocycles. The van der Waals surface area contributed by atoms with Crippen molar-refractivity contribution in [2.75, 3.05) is 11.9 Å². The van der Waals surface area contributed by atoms with Crippen molar-refractivity contribution in [1.82, 2.24) is 4.98 Å². The van der Waals surface area contributed by atoms with E-state index in [4.69, 9.17) is 27.9 Å². The highest BCUT2D eigenvalue weighted by atomic mass is 35.5. The number of thiazole rings is 1. The Morgan fingerprint density at radius 2 is 1.96 bits per heavy atom. The first-order chi connectivity index (χ1) is 12.5. The average molecular weight is 407 g/mol. The first-order valence-corrected chi connectivity index (χ1v) is 9.61. The fraction of sp³-hybridized carbons (Fsp3) is 0.158. The summed E-state index contributed by atoms with van der Waals surface area (Å²) >= 11 is 13.5. The third kappa shape index (κ3) is 4.75. The second-order valence-electron chi connectivity index (χ2n) is 5.45. The summed E-state index contributed by atoms with van der Waals surface area (Å²) in [6.07, 6.45) is 0.163. The molecule has 26 heavy (non-hydrogen) atoms. The molecule has 7 heteroatoms. The predicted molar refractivity (Wildman–Crippen MR) is 108 cm³/mol. The van der Waals surface area contributed by atoms with Gasteiger partial charge in [-0.2, -0.15) is 0 Å². The summed E-state index contributed by atoms with van der Waals surface area (Å²) in [5.74, 6) is 0.628. The molecule has 1 amide bonds. The molecule has 0 aliphatic rings. The number of amides is 1. The lowest BCUT2D eigenvalue weighted by Gasteiger charge is -2.06. The van der Waals surface area contributed by atoms with Gasteiger partial charge in [0.25, 0.3) is 0 Å². The van der Waals surface area contributed by atoms with E-state index in [0.29, 0.717) is 28.0 Å². The van der Waals surface area contributed by atoms with Crippen molar-refractivity contribution in [3.63, 3.8) is 0 Å². The molecular formula is C19H16Cl2N2O2S. The molecule has 134 valence electrons. The molecule has 0 radical (unpaired) electrons. The minimum atomic E-state index is -0.197. The van der Waals surface area contributed by atoms with E-state index in [-0.39, 0.29) is 12.3 Å². The van der Waals surface area contributed by atoms with Gasteiger partial charge in [0.15, 0.2) is 0 Å². The lowest BCUT2D eigenvalue weighted by molar-refractivity contribution is -0.115. The van der Waals surface area contributed by atoms with Crippen molar-refractivity contribution in [3.8, 4) is 16.3 Å². The van der Waals surface area contributed by atoms with Gasteiger partial charge in [-0.25, -0.2) is 4.98 Å². The molecule has 0 bridgehead atoms. The van der Waals surface area contributed by atoms with Crippen LogP contribution < -0.4 is 10.1 Å². The van der Waals surface area contributed by atoms with Gasteiger partial charge in [0, 0.05) is 16.0 Å². The number of rotatable bonds is 6. The number of carbonyl (C=O) groups is 1. The quantitative estimate of drug-likeness (QED) is 0.571. The number of halogens is 2. The van der Waals surface area contributed by atoms with Gasteiger partial charge in [0.05, 0.1) is 29.4 Å². The van der Waals surface area contributed by atoms with Crippen molar-refractivity contribution in [2.24, 2.45) is 0 Å². The smallest absolute Gasteiger partial charge is 0.230 e. The van der Waals surface area contributed by atoms with Gasteiger partial charge in [-0.3, -0.25) is 4.79 Å². The Balaban J connectivity index is 1.66. The van der Waals surface area contributed by atoms with Gasteiger partial charge < -0.3 is 10.1 Å². The van der Waals surface area contributed by atoms with E-state index < -0.39 is 0 Å². The van der Waals surface area contributed by atoms with E-state index >= 15 is 0 Å². The van der Waals surface area contributed by atoms with Gasteiger partial charge in [0.1, 0.15) is 10.8 Å². The summed E-state index contributed by atoms with van der Waals surface area (Å²) in [5, 5.41) is 6.45. The fourth-order valence-electron chi connectivity index (χ4n) is 2.33. The number of hydrogen-bond acceptors (Lipinski definition) is 4. The number of hydrogen-bond donors (Lipinski definition) is 1. The predicted octanol–water partition coefficient (Wildman–Crippen LogP) is 5.70. The topological polar surface area (TPSA) is 51.2 Å². The summed E-state index contributed by atoms with van der Waals surface area (Å²) in [4.78, 5) is 16.8. The molecule has 0 atom stereocenters. The summed E-state index contributed by atoms with van der Waals surface area (Å²) in [6, 6.07) is 12.7. The maximum absolute atomic E-state index is 12.2. The number of aromatic nitrogens is 1. The van der Waals surface area contributed by atoms with Crippen molar-refractivity contribution in [2.45, 2.75) is 13.3 Å². The molecule has 0 saturated carbocycles. The largest absolute Gasteiger partial charge is 0.494 e. The Morgan fingerprint density at radius 3 is 2.69 bits per heavy atom. The van der Waals surface area contributed by atoms with E-state index in [1.807, 2.05) is 36.6 Å². The molecule has 0 spiro atoms. The number of ether oxygens (including phenoxy) is 1. The van der Waals surface area contributed by atoms with Crippen LogP contribution in [-0.2, 0) is 11.2 Å². The van der Waals surface area contributed by atoms with E-state index in [1.54, 1.807) is 18.2 Å². The zero-order valence-electron chi connectivity index (χ0n) is 14.0. The monoisotopic (exact) mass is 406 g/mol. The number of nitrogens with zero attached hydrogens (tertiary/aromatic N) is 1. The Morgan fingerprint density at radius 1 is 1.19 bits per heavy atom. The normalized spacial score (nSPS) is 10.6. The fourth-order valence-corrected chi connectivity index (χ4v) is 3.50. The van der Waals surface area contributed by atoms with Crippen LogP contribution in [0.5, 0.6) is 5.75 Å². The van der Waals surface area contributed by atoms with E-state index in [9.17, 15) is 4.79 Å². The summed E-state index contributed by atoms with van der Waals surface area (Å²) < 4.78 is 5.44. The summed E-state index contributed by atoms with van der Waals surface area (Å²) in [7, 11) is 0. The SMILES string of the molecule is CCOc1ccc(-c2nc(CC(=O)Nc3cc(Cl)ccc3Cl)cs2)cc1. The Bertz CT molecular complexity index is 910. The maximum atomic E-state index is 12.2. The molecule has 2 aromatic carbocycles. The van der Waals surface area contributed by atoms with Gasteiger partial charge >= 0.3 is 0 Å². The lowest BCUT2D eigenvalue weighted by atomic mass is 10.2. The van der Waals surface area contributed by atoms with E-state index in [0.717, 1.165) is 16.3 Å². The molecule has 4 nitrogen and oxygen atoms in total. The molecule has 0 unspecified atom stereocenters. The van der Waals surface area contributed by atoms with Crippen LogP contribution in [0.15, 0.2) is 47.8 Å². The van der Waals surface area contributed by atoms with Crippen LogP contribution in [0.1, 0.15) is 12.6 Å². The van der Waals surface area contributed by atoms with Crippen molar-refractivity contribution >= 4 is 46.1 Å². The molecule has 1 aromatic heterocycles. The number of anilines is 1. The third-order valence-corrected chi connectivity index (χ3v) is 5.01. The van der Waals surface area contributed by atoms with Gasteiger partial charge in [-0.15, -0.1) is 11.3 Å². The highest BCUT2D eigenvalue weighted by Crippen LogP contribution is 2.27. The van der Waals surface area contributed by atoms with Crippen molar-refractivity contribution in [3.05, 3.63) is 63.6 Å². The Labute approximate surface area is 165 Å².